The quantitative estimate of drug-likeness (QED) is 0.311. The van der Waals surface area contributed by atoms with Crippen molar-refractivity contribution >= 4 is 0 Å². The highest BCUT2D eigenvalue weighted by atomic mass is 14.1. The molecule has 0 saturated carbocycles. The Kier molecular flexibility index (Phi) is 13.4. The van der Waals surface area contributed by atoms with Gasteiger partial charge in [0.1, 0.15) is 0 Å². The predicted molar refractivity (Wildman–Crippen MR) is 85.1 cm³/mol. The Morgan fingerprint density at radius 3 is 1.39 bits per heavy atom. The van der Waals surface area contributed by atoms with Crippen molar-refractivity contribution in [2.75, 3.05) is 0 Å². The molecule has 0 aliphatic carbocycles. The van der Waals surface area contributed by atoms with Crippen LogP contribution < -0.4 is 0 Å². The van der Waals surface area contributed by atoms with Gasteiger partial charge in [0.15, 0.2) is 0 Å². The molecular formula is C18H38. The SMILES string of the molecule is CCCCC(CC)CCCCCCC(CC)CC. The third-order valence-electron chi connectivity index (χ3n) is 4.67. The van der Waals surface area contributed by atoms with Gasteiger partial charge in [-0.3, -0.25) is 0 Å². The minimum absolute atomic E-state index is 0.998. The van der Waals surface area contributed by atoms with Gasteiger partial charge in [0.05, 0.1) is 0 Å². The molecule has 0 aliphatic rings. The first kappa shape index (κ1) is 18.0. The molecule has 0 rings (SSSR count). The molecule has 110 valence electrons. The van der Waals surface area contributed by atoms with E-state index in [0.29, 0.717) is 0 Å². The first-order valence-electron chi connectivity index (χ1n) is 8.78. The number of hydrogen-bond acceptors (Lipinski definition) is 0. The maximum atomic E-state index is 2.37. The van der Waals surface area contributed by atoms with E-state index in [2.05, 4.69) is 27.7 Å². The Balaban J connectivity index is 3.37. The summed E-state index contributed by atoms with van der Waals surface area (Å²) >= 11 is 0. The Hall–Kier alpha value is 0. The molecule has 0 aromatic carbocycles. The predicted octanol–water partition coefficient (Wildman–Crippen LogP) is 6.98. The highest BCUT2D eigenvalue weighted by Gasteiger charge is 2.06. The van der Waals surface area contributed by atoms with Crippen LogP contribution >= 0.6 is 0 Å². The van der Waals surface area contributed by atoms with Crippen LogP contribution in [-0.2, 0) is 0 Å². The Labute approximate surface area is 117 Å². The van der Waals surface area contributed by atoms with Crippen molar-refractivity contribution in [2.24, 2.45) is 11.8 Å². The smallest absolute Gasteiger partial charge is 0.0417 e. The maximum absolute atomic E-state index is 2.37. The molecule has 0 saturated heterocycles. The first-order chi connectivity index (χ1) is 8.78. The summed E-state index contributed by atoms with van der Waals surface area (Å²) in [4.78, 5) is 0. The fraction of sp³-hybridized carbons (Fsp3) is 1.00. The van der Waals surface area contributed by atoms with Gasteiger partial charge in [0.25, 0.3) is 0 Å². The second-order valence-electron chi connectivity index (χ2n) is 6.09. The lowest BCUT2D eigenvalue weighted by molar-refractivity contribution is 0.390. The van der Waals surface area contributed by atoms with Crippen LogP contribution in [0.15, 0.2) is 0 Å². The Morgan fingerprint density at radius 1 is 0.500 bits per heavy atom. The van der Waals surface area contributed by atoms with E-state index in [9.17, 15) is 0 Å². The van der Waals surface area contributed by atoms with E-state index in [-0.39, 0.29) is 0 Å². The van der Waals surface area contributed by atoms with Crippen LogP contribution in [0, 0.1) is 11.8 Å². The third kappa shape index (κ3) is 9.97. The van der Waals surface area contributed by atoms with E-state index >= 15 is 0 Å². The van der Waals surface area contributed by atoms with Crippen molar-refractivity contribution in [1.82, 2.24) is 0 Å². The monoisotopic (exact) mass is 254 g/mol. The van der Waals surface area contributed by atoms with Gasteiger partial charge in [-0.15, -0.1) is 0 Å². The molecule has 18 heavy (non-hydrogen) atoms. The van der Waals surface area contributed by atoms with Crippen LogP contribution in [0.4, 0.5) is 0 Å². The van der Waals surface area contributed by atoms with Crippen molar-refractivity contribution in [2.45, 2.75) is 105 Å². The van der Waals surface area contributed by atoms with E-state index in [0.717, 1.165) is 11.8 Å². The van der Waals surface area contributed by atoms with Crippen molar-refractivity contribution in [1.29, 1.82) is 0 Å². The molecule has 0 N–H and O–H groups in total. The molecule has 1 unspecified atom stereocenters. The molecule has 0 amide bonds. The second-order valence-corrected chi connectivity index (χ2v) is 6.09. The number of hydrogen-bond donors (Lipinski definition) is 0. The third-order valence-corrected chi connectivity index (χ3v) is 4.67. The van der Waals surface area contributed by atoms with Crippen LogP contribution in [0.3, 0.4) is 0 Å². The first-order valence-corrected chi connectivity index (χ1v) is 8.78. The Bertz CT molecular complexity index is 146. The van der Waals surface area contributed by atoms with Gasteiger partial charge in [-0.05, 0) is 11.8 Å². The molecular weight excluding hydrogens is 216 g/mol. The van der Waals surface area contributed by atoms with E-state index < -0.39 is 0 Å². The lowest BCUT2D eigenvalue weighted by atomic mass is 9.92. The summed E-state index contributed by atoms with van der Waals surface area (Å²) in [5.41, 5.74) is 0. The largest absolute Gasteiger partial charge is 0.0654 e. The van der Waals surface area contributed by atoms with Crippen molar-refractivity contribution in [3.63, 3.8) is 0 Å². The highest BCUT2D eigenvalue weighted by molar-refractivity contribution is 4.59. The van der Waals surface area contributed by atoms with Gasteiger partial charge >= 0.3 is 0 Å². The summed E-state index contributed by atoms with van der Waals surface area (Å²) in [5.74, 6) is 2.02. The van der Waals surface area contributed by atoms with Gasteiger partial charge < -0.3 is 0 Å². The van der Waals surface area contributed by atoms with Crippen molar-refractivity contribution < 1.29 is 0 Å². The maximum Gasteiger partial charge on any atom is -0.0417 e. The molecule has 0 aliphatic heterocycles. The molecule has 0 heteroatoms. The summed E-state index contributed by atoms with van der Waals surface area (Å²) in [6.45, 7) is 9.36. The Morgan fingerprint density at radius 2 is 0.944 bits per heavy atom. The highest BCUT2D eigenvalue weighted by Crippen LogP contribution is 2.21. The molecule has 0 bridgehead atoms. The lowest BCUT2D eigenvalue weighted by Crippen LogP contribution is -1.99. The molecule has 0 nitrogen and oxygen atoms in total. The van der Waals surface area contributed by atoms with Gasteiger partial charge in [0, 0.05) is 0 Å². The van der Waals surface area contributed by atoms with Crippen LogP contribution in [0.5, 0.6) is 0 Å². The summed E-state index contributed by atoms with van der Waals surface area (Å²) in [6, 6.07) is 0. The molecule has 0 heterocycles. The topological polar surface area (TPSA) is 0 Å². The summed E-state index contributed by atoms with van der Waals surface area (Å²) in [6.07, 6.45) is 17.3. The molecule has 0 fully saturated rings. The summed E-state index contributed by atoms with van der Waals surface area (Å²) in [5, 5.41) is 0. The average Bonchev–Trinajstić information content (AvgIpc) is 2.41. The van der Waals surface area contributed by atoms with Gasteiger partial charge in [0.2, 0.25) is 0 Å². The number of rotatable bonds is 13. The van der Waals surface area contributed by atoms with E-state index in [4.69, 9.17) is 0 Å². The fourth-order valence-corrected chi connectivity index (χ4v) is 2.96. The average molecular weight is 255 g/mol. The molecule has 1 atom stereocenters. The molecule has 0 radical (unpaired) electrons. The van der Waals surface area contributed by atoms with E-state index in [1.807, 2.05) is 0 Å². The normalized spacial score (nSPS) is 13.2. The minimum atomic E-state index is 0.998. The van der Waals surface area contributed by atoms with Gasteiger partial charge in [-0.25, -0.2) is 0 Å². The number of unbranched alkanes of at least 4 members (excludes halogenated alkanes) is 4. The molecule has 0 spiro atoms. The van der Waals surface area contributed by atoms with Crippen LogP contribution in [0.2, 0.25) is 0 Å². The fourth-order valence-electron chi connectivity index (χ4n) is 2.96. The van der Waals surface area contributed by atoms with Crippen LogP contribution in [0.25, 0.3) is 0 Å². The van der Waals surface area contributed by atoms with Gasteiger partial charge in [-0.1, -0.05) is 105 Å². The van der Waals surface area contributed by atoms with Crippen LogP contribution in [0.1, 0.15) is 105 Å². The lowest BCUT2D eigenvalue weighted by Gasteiger charge is -2.14. The van der Waals surface area contributed by atoms with Crippen molar-refractivity contribution in [3.8, 4) is 0 Å². The summed E-state index contributed by atoms with van der Waals surface area (Å²) in [7, 11) is 0. The zero-order chi connectivity index (χ0) is 13.6. The molecule has 0 aromatic rings. The van der Waals surface area contributed by atoms with E-state index in [1.165, 1.54) is 77.0 Å². The second kappa shape index (κ2) is 13.4. The van der Waals surface area contributed by atoms with Gasteiger partial charge in [-0.2, -0.15) is 0 Å². The van der Waals surface area contributed by atoms with E-state index in [1.54, 1.807) is 0 Å². The summed E-state index contributed by atoms with van der Waals surface area (Å²) < 4.78 is 0. The van der Waals surface area contributed by atoms with Crippen LogP contribution in [-0.4, -0.2) is 0 Å². The zero-order valence-corrected chi connectivity index (χ0v) is 13.6. The molecule has 0 aromatic heterocycles. The standard InChI is InChI=1S/C18H38/c1-5-9-14-18(8-4)16-13-11-10-12-15-17(6-2)7-3/h17-18H,5-16H2,1-4H3. The zero-order valence-electron chi connectivity index (χ0n) is 13.6. The van der Waals surface area contributed by atoms with Crippen molar-refractivity contribution in [3.05, 3.63) is 0 Å². The minimum Gasteiger partial charge on any atom is -0.0654 e.